The van der Waals surface area contributed by atoms with Gasteiger partial charge in [0.25, 0.3) is 5.91 Å². The van der Waals surface area contributed by atoms with Crippen LogP contribution in [0.25, 0.3) is 11.1 Å². The Morgan fingerprint density at radius 1 is 1.00 bits per heavy atom. The van der Waals surface area contributed by atoms with Crippen molar-refractivity contribution < 1.29 is 18.7 Å². The van der Waals surface area contributed by atoms with E-state index in [1.54, 1.807) is 0 Å². The van der Waals surface area contributed by atoms with E-state index in [1.807, 2.05) is 18.2 Å². The highest BCUT2D eigenvalue weighted by atomic mass is 35.5. The van der Waals surface area contributed by atoms with Crippen LogP contribution in [0.1, 0.15) is 67.9 Å². The Morgan fingerprint density at radius 2 is 1.71 bits per heavy atom. The second kappa shape index (κ2) is 16.1. The summed E-state index contributed by atoms with van der Waals surface area (Å²) in [6, 6.07) is 17.5. The third kappa shape index (κ3) is 8.18. The van der Waals surface area contributed by atoms with Crippen LogP contribution in [0.2, 0.25) is 0 Å². The molecule has 2 saturated heterocycles. The molecule has 1 amide bonds. The molecule has 3 fully saturated rings. The van der Waals surface area contributed by atoms with Gasteiger partial charge in [-0.25, -0.2) is 9.37 Å². The molecule has 1 aliphatic carbocycles. The van der Waals surface area contributed by atoms with E-state index in [9.17, 15) is 9.18 Å². The number of benzene rings is 2. The number of aromatic nitrogens is 1. The van der Waals surface area contributed by atoms with Crippen LogP contribution in [0, 0.1) is 5.82 Å². The monoisotopic (exact) mass is 680 g/mol. The highest BCUT2D eigenvalue weighted by molar-refractivity contribution is 5.95. The summed E-state index contributed by atoms with van der Waals surface area (Å²) in [7, 11) is 0. The molecular formula is C37H50ClFN6O3. The standard InChI is InChI=1S/C37H49FN6O3.ClH/c1-24-19-42(20-25(2)44(24)31-12-10-30(39)11-13-31)21-28-9-14-32(27-7-5-4-6-8-27)34(22-43-15-16-46-23-26(43)3)35(28)47-37-33(36(40)45)17-29(38)18-41-37;/h4-9,14,17-18,24-26,30-31H,10-13,15-16,19-23,39H2,1-3H3,(H2,40,45);1H/t24-,25+,26-,30?,31?;/m0./s1. The number of rotatable bonds is 9. The first-order valence-electron chi connectivity index (χ1n) is 17.1. The lowest BCUT2D eigenvalue weighted by Gasteiger charge is -2.49. The number of piperazine rings is 1. The van der Waals surface area contributed by atoms with Gasteiger partial charge in [0.1, 0.15) is 17.1 Å². The minimum atomic E-state index is -0.793. The lowest BCUT2D eigenvalue weighted by atomic mass is 9.88. The van der Waals surface area contributed by atoms with Gasteiger partial charge in [-0.3, -0.25) is 19.5 Å². The fourth-order valence-electron chi connectivity index (χ4n) is 7.89. The summed E-state index contributed by atoms with van der Waals surface area (Å²) >= 11 is 0. The highest BCUT2D eigenvalue weighted by Crippen LogP contribution is 2.40. The van der Waals surface area contributed by atoms with E-state index in [0.717, 1.165) is 79.8 Å². The topological polar surface area (TPSA) is 110 Å². The van der Waals surface area contributed by atoms with E-state index in [0.29, 0.717) is 56.2 Å². The first-order valence-corrected chi connectivity index (χ1v) is 17.1. The number of pyridine rings is 1. The predicted molar refractivity (Wildman–Crippen MR) is 189 cm³/mol. The first kappa shape index (κ1) is 36.2. The molecule has 6 rings (SSSR count). The van der Waals surface area contributed by atoms with Crippen LogP contribution >= 0.6 is 12.4 Å². The van der Waals surface area contributed by atoms with Gasteiger partial charge in [-0.1, -0.05) is 42.5 Å². The van der Waals surface area contributed by atoms with E-state index in [4.69, 9.17) is 20.9 Å². The molecule has 3 heterocycles. The third-order valence-corrected chi connectivity index (χ3v) is 10.2. The van der Waals surface area contributed by atoms with Crippen LogP contribution in [0.3, 0.4) is 0 Å². The van der Waals surface area contributed by atoms with Crippen molar-refractivity contribution in [1.82, 2.24) is 19.7 Å². The van der Waals surface area contributed by atoms with Gasteiger partial charge in [0.2, 0.25) is 5.88 Å². The Bertz CT molecular complexity index is 1530. The largest absolute Gasteiger partial charge is 0.437 e. The van der Waals surface area contributed by atoms with E-state index in [1.165, 1.54) is 0 Å². The van der Waals surface area contributed by atoms with Crippen molar-refractivity contribution in [1.29, 1.82) is 0 Å². The lowest BCUT2D eigenvalue weighted by Crippen LogP contribution is -2.60. The number of carbonyl (C=O) groups excluding carboxylic acids is 1. The number of halogens is 2. The molecule has 1 saturated carbocycles. The zero-order valence-corrected chi connectivity index (χ0v) is 29.1. The third-order valence-electron chi connectivity index (χ3n) is 10.2. The maximum absolute atomic E-state index is 14.2. The summed E-state index contributed by atoms with van der Waals surface area (Å²) in [5.74, 6) is -0.800. The van der Waals surface area contributed by atoms with Crippen LogP contribution in [-0.2, 0) is 17.8 Å². The fourth-order valence-corrected chi connectivity index (χ4v) is 7.89. The summed E-state index contributed by atoms with van der Waals surface area (Å²) in [4.78, 5) is 24.3. The Kier molecular flexibility index (Phi) is 12.1. The predicted octanol–water partition coefficient (Wildman–Crippen LogP) is 5.59. The van der Waals surface area contributed by atoms with Crippen molar-refractivity contribution >= 4 is 18.3 Å². The molecule has 3 aromatic rings. The SMILES string of the molecule is C[C@@H]1CN(Cc2ccc(-c3ccccc3)c(CN3CCOC[C@@H]3C)c2Oc2ncc(F)cc2C(N)=O)C[C@H](C)N1C1CCC(N)CC1.Cl. The number of morpholine rings is 1. The quantitative estimate of drug-likeness (QED) is 0.301. The van der Waals surface area contributed by atoms with Gasteiger partial charge in [0.15, 0.2) is 0 Å². The molecule has 2 aromatic carbocycles. The number of nitrogens with two attached hydrogens (primary N) is 2. The smallest absolute Gasteiger partial charge is 0.254 e. The van der Waals surface area contributed by atoms with Crippen molar-refractivity contribution in [3.8, 4) is 22.8 Å². The average molecular weight is 681 g/mol. The second-order valence-corrected chi connectivity index (χ2v) is 13.7. The second-order valence-electron chi connectivity index (χ2n) is 13.7. The van der Waals surface area contributed by atoms with Crippen molar-refractivity contribution in [2.45, 2.75) is 89.8 Å². The summed E-state index contributed by atoms with van der Waals surface area (Å²) in [6.45, 7) is 12.0. The zero-order valence-electron chi connectivity index (χ0n) is 28.3. The molecular weight excluding hydrogens is 631 g/mol. The van der Waals surface area contributed by atoms with E-state index in [-0.39, 0.29) is 29.9 Å². The molecule has 0 bridgehead atoms. The van der Waals surface area contributed by atoms with Crippen LogP contribution in [0.15, 0.2) is 54.7 Å². The molecule has 3 aliphatic rings. The molecule has 1 aromatic heterocycles. The van der Waals surface area contributed by atoms with Crippen molar-refractivity contribution in [3.05, 3.63) is 77.2 Å². The van der Waals surface area contributed by atoms with E-state index < -0.39 is 11.7 Å². The average Bonchev–Trinajstić information content (AvgIpc) is 3.05. The maximum Gasteiger partial charge on any atom is 0.254 e. The number of hydrogen-bond donors (Lipinski definition) is 2. The molecule has 11 heteroatoms. The molecule has 0 spiro atoms. The summed E-state index contributed by atoms with van der Waals surface area (Å²) < 4.78 is 26.7. The molecule has 4 N–H and O–H groups in total. The fraction of sp³-hybridized carbons (Fsp3) is 0.514. The van der Waals surface area contributed by atoms with Gasteiger partial charge < -0.3 is 20.9 Å². The van der Waals surface area contributed by atoms with E-state index in [2.05, 4.69) is 64.7 Å². The molecule has 9 nitrogen and oxygen atoms in total. The first-order chi connectivity index (χ1) is 22.7. The van der Waals surface area contributed by atoms with Crippen molar-refractivity contribution in [3.63, 3.8) is 0 Å². The van der Waals surface area contributed by atoms with Crippen LogP contribution in [-0.4, -0.2) is 88.6 Å². The molecule has 48 heavy (non-hydrogen) atoms. The highest BCUT2D eigenvalue weighted by Gasteiger charge is 2.36. The Balaban J connectivity index is 0.00000451. The van der Waals surface area contributed by atoms with Gasteiger partial charge in [0.05, 0.1) is 19.4 Å². The van der Waals surface area contributed by atoms with Gasteiger partial charge in [-0.2, -0.15) is 0 Å². The summed E-state index contributed by atoms with van der Waals surface area (Å²) in [6.07, 6.45) is 5.56. The number of carbonyl (C=O) groups is 1. The molecule has 0 radical (unpaired) electrons. The number of primary amides is 1. The number of hydrogen-bond acceptors (Lipinski definition) is 8. The lowest BCUT2D eigenvalue weighted by molar-refractivity contribution is -0.00955. The zero-order chi connectivity index (χ0) is 33.1. The minimum Gasteiger partial charge on any atom is -0.437 e. The molecule has 2 aliphatic heterocycles. The number of amides is 1. The molecule has 3 atom stereocenters. The minimum absolute atomic E-state index is 0. The van der Waals surface area contributed by atoms with Crippen molar-refractivity contribution in [2.24, 2.45) is 11.5 Å². The van der Waals surface area contributed by atoms with Crippen LogP contribution in [0.4, 0.5) is 4.39 Å². The molecule has 0 unspecified atom stereocenters. The van der Waals surface area contributed by atoms with E-state index >= 15 is 0 Å². The van der Waals surface area contributed by atoms with Crippen LogP contribution in [0.5, 0.6) is 11.6 Å². The summed E-state index contributed by atoms with van der Waals surface area (Å²) in [5.41, 5.74) is 15.9. The summed E-state index contributed by atoms with van der Waals surface area (Å²) in [5, 5.41) is 0. The molecule has 260 valence electrons. The Labute approximate surface area is 290 Å². The Hall–Kier alpha value is -3.12. The maximum atomic E-state index is 14.2. The van der Waals surface area contributed by atoms with Gasteiger partial charge in [0, 0.05) is 74.1 Å². The normalized spacial score (nSPS) is 25.7. The number of ether oxygens (including phenoxy) is 2. The van der Waals surface area contributed by atoms with Gasteiger partial charge in [-0.15, -0.1) is 12.4 Å². The Morgan fingerprint density at radius 3 is 2.38 bits per heavy atom. The van der Waals surface area contributed by atoms with Crippen molar-refractivity contribution in [2.75, 3.05) is 32.8 Å². The van der Waals surface area contributed by atoms with Gasteiger partial charge >= 0.3 is 0 Å². The van der Waals surface area contributed by atoms with Crippen LogP contribution < -0.4 is 16.2 Å². The van der Waals surface area contributed by atoms with Gasteiger partial charge in [-0.05, 0) is 63.6 Å². The number of nitrogens with zero attached hydrogens (tertiary/aromatic N) is 4.